The molecule has 7 nitrogen and oxygen atoms in total. The van der Waals surface area contributed by atoms with Crippen LogP contribution in [-0.2, 0) is 16.0 Å². The average Bonchev–Trinajstić information content (AvgIpc) is 2.55. The molecule has 0 aliphatic heterocycles. The van der Waals surface area contributed by atoms with Gasteiger partial charge in [0.25, 0.3) is 0 Å². The Morgan fingerprint density at radius 2 is 1.95 bits per heavy atom. The zero-order chi connectivity index (χ0) is 16.2. The molecule has 0 radical (unpaired) electrons. The van der Waals surface area contributed by atoms with Gasteiger partial charge in [0.05, 0.1) is 13.7 Å². The maximum atomic E-state index is 11.1. The lowest BCUT2D eigenvalue weighted by molar-refractivity contribution is 0.152. The van der Waals surface area contributed by atoms with Crippen LogP contribution in [0.15, 0.2) is 29.3 Å². The molecule has 0 unspecified atom stereocenters. The summed E-state index contributed by atoms with van der Waals surface area (Å²) in [5.41, 5.74) is 1.76. The summed E-state index contributed by atoms with van der Waals surface area (Å²) in [6.45, 7) is 4.65. The summed E-state index contributed by atoms with van der Waals surface area (Å²) < 4.78 is 9.79. The minimum atomic E-state index is -0.482. The molecule has 0 spiro atoms. The van der Waals surface area contributed by atoms with Gasteiger partial charge in [0.1, 0.15) is 0 Å². The first kappa shape index (κ1) is 17.8. The van der Waals surface area contributed by atoms with E-state index in [2.05, 4.69) is 25.7 Å². The van der Waals surface area contributed by atoms with Gasteiger partial charge in [-0.1, -0.05) is 12.1 Å². The van der Waals surface area contributed by atoms with Gasteiger partial charge in [-0.2, -0.15) is 0 Å². The van der Waals surface area contributed by atoms with E-state index in [0.29, 0.717) is 32.0 Å². The second-order valence-electron chi connectivity index (χ2n) is 4.36. The van der Waals surface area contributed by atoms with E-state index in [9.17, 15) is 4.79 Å². The Morgan fingerprint density at radius 3 is 2.55 bits per heavy atom. The van der Waals surface area contributed by atoms with Crippen molar-refractivity contribution in [2.24, 2.45) is 4.99 Å². The third-order valence-corrected chi connectivity index (χ3v) is 2.81. The van der Waals surface area contributed by atoms with Crippen molar-refractivity contribution >= 4 is 17.7 Å². The standard InChI is InChI=1S/C15H24N4O3/c1-4-22-10-9-17-14(16-2)18-11-12-5-7-13(8-6-12)19-15(20)21-3/h5-8H,4,9-11H2,1-3H3,(H,19,20)(H2,16,17,18). The maximum Gasteiger partial charge on any atom is 0.411 e. The fourth-order valence-corrected chi connectivity index (χ4v) is 1.67. The summed E-state index contributed by atoms with van der Waals surface area (Å²) in [7, 11) is 3.05. The zero-order valence-electron chi connectivity index (χ0n) is 13.3. The van der Waals surface area contributed by atoms with E-state index in [1.54, 1.807) is 7.05 Å². The van der Waals surface area contributed by atoms with E-state index in [0.717, 1.165) is 11.5 Å². The third-order valence-electron chi connectivity index (χ3n) is 2.81. The van der Waals surface area contributed by atoms with Crippen LogP contribution in [0.1, 0.15) is 12.5 Å². The number of aliphatic imine (C=N–C) groups is 1. The minimum absolute atomic E-state index is 0.482. The third kappa shape index (κ3) is 6.94. The fraction of sp³-hybridized carbons (Fsp3) is 0.467. The van der Waals surface area contributed by atoms with Gasteiger partial charge in [-0.15, -0.1) is 0 Å². The van der Waals surface area contributed by atoms with Crippen molar-refractivity contribution < 1.29 is 14.3 Å². The highest BCUT2D eigenvalue weighted by Gasteiger charge is 2.01. The van der Waals surface area contributed by atoms with Crippen LogP contribution >= 0.6 is 0 Å². The molecule has 0 atom stereocenters. The summed E-state index contributed by atoms with van der Waals surface area (Å²) in [5, 5.41) is 8.97. The van der Waals surface area contributed by atoms with Gasteiger partial charge in [-0.05, 0) is 24.6 Å². The quantitative estimate of drug-likeness (QED) is 0.404. The van der Waals surface area contributed by atoms with E-state index < -0.39 is 6.09 Å². The van der Waals surface area contributed by atoms with E-state index in [1.165, 1.54) is 7.11 Å². The van der Waals surface area contributed by atoms with Crippen molar-refractivity contribution in [1.82, 2.24) is 10.6 Å². The average molecular weight is 308 g/mol. The Kier molecular flexibility index (Phi) is 8.44. The molecule has 0 aliphatic carbocycles. The highest BCUT2D eigenvalue weighted by Crippen LogP contribution is 2.09. The number of rotatable bonds is 7. The lowest BCUT2D eigenvalue weighted by Crippen LogP contribution is -2.38. The molecule has 0 bridgehead atoms. The molecule has 1 aromatic carbocycles. The number of amides is 1. The molecule has 0 saturated carbocycles. The van der Waals surface area contributed by atoms with Crippen LogP contribution in [0.4, 0.5) is 10.5 Å². The van der Waals surface area contributed by atoms with E-state index in [4.69, 9.17) is 4.74 Å². The number of benzene rings is 1. The molecule has 0 fully saturated rings. The van der Waals surface area contributed by atoms with Gasteiger partial charge in [-0.25, -0.2) is 4.79 Å². The van der Waals surface area contributed by atoms with Crippen LogP contribution in [0.2, 0.25) is 0 Å². The van der Waals surface area contributed by atoms with Crippen molar-refractivity contribution in [3.63, 3.8) is 0 Å². The van der Waals surface area contributed by atoms with Gasteiger partial charge in [0.2, 0.25) is 0 Å². The monoisotopic (exact) mass is 308 g/mol. The molecule has 1 rings (SSSR count). The number of carbonyl (C=O) groups excluding carboxylic acids is 1. The van der Waals surface area contributed by atoms with Crippen LogP contribution in [0.5, 0.6) is 0 Å². The smallest absolute Gasteiger partial charge is 0.411 e. The Hall–Kier alpha value is -2.28. The molecule has 0 aromatic heterocycles. The fourth-order valence-electron chi connectivity index (χ4n) is 1.67. The van der Waals surface area contributed by atoms with Crippen molar-refractivity contribution in [2.75, 3.05) is 39.2 Å². The summed E-state index contributed by atoms with van der Waals surface area (Å²) in [6.07, 6.45) is -0.482. The van der Waals surface area contributed by atoms with Gasteiger partial charge < -0.3 is 20.1 Å². The van der Waals surface area contributed by atoms with E-state index in [-0.39, 0.29) is 0 Å². The summed E-state index contributed by atoms with van der Waals surface area (Å²) in [5.74, 6) is 0.719. The van der Waals surface area contributed by atoms with Crippen LogP contribution < -0.4 is 16.0 Å². The number of carbonyl (C=O) groups is 1. The van der Waals surface area contributed by atoms with Crippen molar-refractivity contribution in [3.05, 3.63) is 29.8 Å². The summed E-state index contributed by atoms with van der Waals surface area (Å²) in [4.78, 5) is 15.2. The molecule has 1 aromatic rings. The summed E-state index contributed by atoms with van der Waals surface area (Å²) >= 11 is 0. The van der Waals surface area contributed by atoms with Gasteiger partial charge in [-0.3, -0.25) is 10.3 Å². The second-order valence-corrected chi connectivity index (χ2v) is 4.36. The number of hydrogen-bond acceptors (Lipinski definition) is 4. The Bertz CT molecular complexity index is 474. The lowest BCUT2D eigenvalue weighted by Gasteiger charge is -2.12. The predicted octanol–water partition coefficient (Wildman–Crippen LogP) is 1.57. The number of methoxy groups -OCH3 is 1. The molecule has 3 N–H and O–H groups in total. The molecule has 22 heavy (non-hydrogen) atoms. The van der Waals surface area contributed by atoms with Crippen LogP contribution in [0.3, 0.4) is 0 Å². The highest BCUT2D eigenvalue weighted by atomic mass is 16.5. The minimum Gasteiger partial charge on any atom is -0.453 e. The molecule has 0 heterocycles. The Morgan fingerprint density at radius 1 is 1.23 bits per heavy atom. The molecule has 0 saturated heterocycles. The molecule has 7 heteroatoms. The number of nitrogens with zero attached hydrogens (tertiary/aromatic N) is 1. The summed E-state index contributed by atoms with van der Waals surface area (Å²) in [6, 6.07) is 7.48. The first-order chi connectivity index (χ1) is 10.7. The SMILES string of the molecule is CCOCCNC(=NC)NCc1ccc(NC(=O)OC)cc1. The second kappa shape index (κ2) is 10.4. The predicted molar refractivity (Wildman–Crippen MR) is 87.2 cm³/mol. The number of guanidine groups is 1. The Labute approximate surface area is 131 Å². The zero-order valence-corrected chi connectivity index (χ0v) is 13.3. The maximum absolute atomic E-state index is 11.1. The largest absolute Gasteiger partial charge is 0.453 e. The van der Waals surface area contributed by atoms with Crippen molar-refractivity contribution in [1.29, 1.82) is 0 Å². The Balaban J connectivity index is 2.38. The number of nitrogens with one attached hydrogen (secondary N) is 3. The molecule has 122 valence electrons. The molecule has 1 amide bonds. The topological polar surface area (TPSA) is 84.0 Å². The van der Waals surface area contributed by atoms with Gasteiger partial charge >= 0.3 is 6.09 Å². The lowest BCUT2D eigenvalue weighted by atomic mass is 10.2. The van der Waals surface area contributed by atoms with Crippen LogP contribution in [-0.4, -0.2) is 46.0 Å². The molecular weight excluding hydrogens is 284 g/mol. The number of ether oxygens (including phenoxy) is 2. The number of hydrogen-bond donors (Lipinski definition) is 3. The van der Waals surface area contributed by atoms with Crippen LogP contribution in [0, 0.1) is 0 Å². The van der Waals surface area contributed by atoms with Crippen molar-refractivity contribution in [3.8, 4) is 0 Å². The first-order valence-corrected chi connectivity index (χ1v) is 7.15. The van der Waals surface area contributed by atoms with Gasteiger partial charge in [0.15, 0.2) is 5.96 Å². The first-order valence-electron chi connectivity index (χ1n) is 7.15. The highest BCUT2D eigenvalue weighted by molar-refractivity contribution is 5.84. The van der Waals surface area contributed by atoms with E-state index >= 15 is 0 Å². The van der Waals surface area contributed by atoms with E-state index in [1.807, 2.05) is 31.2 Å². The van der Waals surface area contributed by atoms with Crippen LogP contribution in [0.25, 0.3) is 0 Å². The molecule has 0 aliphatic rings. The van der Waals surface area contributed by atoms with Crippen molar-refractivity contribution in [2.45, 2.75) is 13.5 Å². The molecular formula is C15H24N4O3. The number of anilines is 1. The van der Waals surface area contributed by atoms with Gasteiger partial charge in [0, 0.05) is 32.4 Å². The normalized spacial score (nSPS) is 11.0.